The monoisotopic (exact) mass is 261 g/mol. The van der Waals surface area contributed by atoms with E-state index in [-0.39, 0.29) is 24.1 Å². The van der Waals surface area contributed by atoms with Crippen molar-refractivity contribution in [2.75, 3.05) is 13.1 Å². The van der Waals surface area contributed by atoms with E-state index >= 15 is 0 Å². The van der Waals surface area contributed by atoms with Crippen molar-refractivity contribution in [1.82, 2.24) is 14.9 Å². The molecule has 1 saturated carbocycles. The van der Waals surface area contributed by atoms with Crippen molar-refractivity contribution < 1.29 is 14.7 Å². The van der Waals surface area contributed by atoms with E-state index in [4.69, 9.17) is 0 Å². The third kappa shape index (κ3) is 2.30. The quantitative estimate of drug-likeness (QED) is 0.864. The van der Waals surface area contributed by atoms with Crippen molar-refractivity contribution >= 4 is 11.9 Å². The Bertz CT molecular complexity index is 501. The van der Waals surface area contributed by atoms with Crippen LogP contribution in [0.2, 0.25) is 0 Å². The van der Waals surface area contributed by atoms with Crippen molar-refractivity contribution in [1.29, 1.82) is 0 Å². The number of carbonyl (C=O) groups is 2. The normalized spacial score (nSPS) is 26.4. The lowest BCUT2D eigenvalue weighted by Crippen LogP contribution is -2.30. The number of hydrogen-bond donors (Lipinski definition) is 1. The molecule has 0 bridgehead atoms. The van der Waals surface area contributed by atoms with Gasteiger partial charge < -0.3 is 10.0 Å². The van der Waals surface area contributed by atoms with Gasteiger partial charge in [0.15, 0.2) is 0 Å². The van der Waals surface area contributed by atoms with Gasteiger partial charge in [-0.25, -0.2) is 4.98 Å². The highest BCUT2D eigenvalue weighted by atomic mass is 16.4. The summed E-state index contributed by atoms with van der Waals surface area (Å²) in [5, 5.41) is 9.26. The first-order valence-electron chi connectivity index (χ1n) is 6.45. The van der Waals surface area contributed by atoms with E-state index < -0.39 is 11.9 Å². The molecular weight excluding hydrogens is 246 g/mol. The molecule has 6 heteroatoms. The lowest BCUT2D eigenvalue weighted by Gasteiger charge is -2.15. The molecule has 19 heavy (non-hydrogen) atoms. The van der Waals surface area contributed by atoms with E-state index in [0.717, 1.165) is 12.8 Å². The fourth-order valence-corrected chi connectivity index (χ4v) is 2.83. The fourth-order valence-electron chi connectivity index (χ4n) is 2.83. The Balaban J connectivity index is 1.76. The third-order valence-electron chi connectivity index (χ3n) is 3.98. The van der Waals surface area contributed by atoms with Crippen molar-refractivity contribution in [3.05, 3.63) is 24.3 Å². The number of nitrogens with zero attached hydrogens (tertiary/aromatic N) is 3. The molecule has 0 unspecified atom stereocenters. The molecule has 2 heterocycles. The number of hydrogen-bond acceptors (Lipinski definition) is 4. The number of amides is 1. The third-order valence-corrected chi connectivity index (χ3v) is 3.98. The molecule has 100 valence electrons. The second-order valence-electron chi connectivity index (χ2n) is 5.25. The molecule has 0 aromatic carbocycles. The maximum absolute atomic E-state index is 12.2. The van der Waals surface area contributed by atoms with Gasteiger partial charge >= 0.3 is 5.97 Å². The number of aliphatic carboxylic acids is 1. The van der Waals surface area contributed by atoms with Crippen LogP contribution in [0.1, 0.15) is 23.3 Å². The molecule has 1 aliphatic carbocycles. The van der Waals surface area contributed by atoms with Gasteiger partial charge in [-0.2, -0.15) is 0 Å². The zero-order valence-electron chi connectivity index (χ0n) is 10.4. The molecule has 2 atom stereocenters. The second kappa shape index (κ2) is 4.60. The summed E-state index contributed by atoms with van der Waals surface area (Å²) in [5.41, 5.74) is 0.281. The van der Waals surface area contributed by atoms with Crippen LogP contribution < -0.4 is 0 Å². The van der Waals surface area contributed by atoms with E-state index in [1.165, 1.54) is 18.6 Å². The van der Waals surface area contributed by atoms with Gasteiger partial charge in [0.25, 0.3) is 5.91 Å². The molecule has 3 rings (SSSR count). The van der Waals surface area contributed by atoms with Crippen molar-refractivity contribution in [2.24, 2.45) is 17.8 Å². The summed E-state index contributed by atoms with van der Waals surface area (Å²) in [6.07, 6.45) is 6.57. The van der Waals surface area contributed by atoms with Gasteiger partial charge in [0.05, 0.1) is 12.1 Å². The van der Waals surface area contributed by atoms with Gasteiger partial charge in [0.2, 0.25) is 0 Å². The lowest BCUT2D eigenvalue weighted by molar-refractivity contribution is -0.142. The molecular formula is C13H15N3O3. The minimum atomic E-state index is -0.800. The average Bonchev–Trinajstić information content (AvgIpc) is 3.17. The van der Waals surface area contributed by atoms with Crippen LogP contribution in [0.4, 0.5) is 0 Å². The maximum atomic E-state index is 12.2. The lowest BCUT2D eigenvalue weighted by atomic mass is 9.92. The van der Waals surface area contributed by atoms with Crippen LogP contribution in [-0.4, -0.2) is 44.9 Å². The van der Waals surface area contributed by atoms with E-state index in [2.05, 4.69) is 9.97 Å². The standard InChI is InChI=1S/C13H15N3O3/c17-12(11-5-14-3-4-15-11)16-6-9(8-1-2-8)10(7-16)13(18)19/h3-5,8-10H,1-2,6-7H2,(H,18,19)/t9-,10+/m1/s1. The number of carbonyl (C=O) groups excluding carboxylic acids is 1. The maximum Gasteiger partial charge on any atom is 0.308 e. The van der Waals surface area contributed by atoms with Crippen LogP contribution >= 0.6 is 0 Å². The number of aromatic nitrogens is 2. The van der Waals surface area contributed by atoms with E-state index in [0.29, 0.717) is 12.5 Å². The number of carboxylic acid groups (broad SMARTS) is 1. The highest BCUT2D eigenvalue weighted by Crippen LogP contribution is 2.44. The van der Waals surface area contributed by atoms with Gasteiger partial charge in [0, 0.05) is 25.5 Å². The SMILES string of the molecule is O=C(O)[C@H]1CN(C(=O)c2cnccn2)C[C@@H]1C1CC1. The number of rotatable bonds is 3. The summed E-state index contributed by atoms with van der Waals surface area (Å²) in [4.78, 5) is 33.0. The second-order valence-corrected chi connectivity index (χ2v) is 5.25. The summed E-state index contributed by atoms with van der Waals surface area (Å²) in [5.74, 6) is -0.888. The summed E-state index contributed by atoms with van der Waals surface area (Å²) >= 11 is 0. The Morgan fingerprint density at radius 2 is 2.05 bits per heavy atom. The minimum absolute atomic E-state index is 0.0955. The number of likely N-dealkylation sites (tertiary alicyclic amines) is 1. The van der Waals surface area contributed by atoms with Crippen LogP contribution in [-0.2, 0) is 4.79 Å². The van der Waals surface area contributed by atoms with E-state index in [9.17, 15) is 14.7 Å². The van der Waals surface area contributed by atoms with Crippen molar-refractivity contribution in [3.63, 3.8) is 0 Å². The van der Waals surface area contributed by atoms with E-state index in [1.807, 2.05) is 0 Å². The summed E-state index contributed by atoms with van der Waals surface area (Å²) in [7, 11) is 0. The number of carboxylic acids is 1. The Kier molecular flexibility index (Phi) is 2.93. The fraction of sp³-hybridized carbons (Fsp3) is 0.538. The predicted molar refractivity (Wildman–Crippen MR) is 65.3 cm³/mol. The highest BCUT2D eigenvalue weighted by Gasteiger charge is 2.47. The molecule has 2 aliphatic rings. The first kappa shape index (κ1) is 12.1. The minimum Gasteiger partial charge on any atom is -0.481 e. The van der Waals surface area contributed by atoms with Crippen LogP contribution in [0.3, 0.4) is 0 Å². The Morgan fingerprint density at radius 1 is 1.26 bits per heavy atom. The zero-order chi connectivity index (χ0) is 13.4. The Labute approximate surface area is 110 Å². The van der Waals surface area contributed by atoms with Gasteiger partial charge in [-0.3, -0.25) is 14.6 Å². The van der Waals surface area contributed by atoms with Gasteiger partial charge in [-0.15, -0.1) is 0 Å². The predicted octanol–water partition coefficient (Wildman–Crippen LogP) is 0.659. The molecule has 0 radical (unpaired) electrons. The highest BCUT2D eigenvalue weighted by molar-refractivity contribution is 5.92. The van der Waals surface area contributed by atoms with E-state index in [1.54, 1.807) is 4.90 Å². The molecule has 6 nitrogen and oxygen atoms in total. The van der Waals surface area contributed by atoms with Crippen LogP contribution in [0.15, 0.2) is 18.6 Å². The van der Waals surface area contributed by atoms with Gasteiger partial charge in [-0.1, -0.05) is 0 Å². The summed E-state index contributed by atoms with van der Waals surface area (Å²) < 4.78 is 0. The topological polar surface area (TPSA) is 83.4 Å². The molecule has 1 N–H and O–H groups in total. The molecule has 2 fully saturated rings. The molecule has 1 aromatic heterocycles. The molecule has 1 aliphatic heterocycles. The van der Waals surface area contributed by atoms with Crippen LogP contribution in [0, 0.1) is 17.8 Å². The van der Waals surface area contributed by atoms with Crippen molar-refractivity contribution in [3.8, 4) is 0 Å². The smallest absolute Gasteiger partial charge is 0.308 e. The molecule has 0 spiro atoms. The summed E-state index contributed by atoms with van der Waals surface area (Å²) in [6.45, 7) is 0.808. The molecule has 1 saturated heterocycles. The molecule has 1 amide bonds. The van der Waals surface area contributed by atoms with Crippen LogP contribution in [0.25, 0.3) is 0 Å². The molecule has 1 aromatic rings. The largest absolute Gasteiger partial charge is 0.481 e. The Morgan fingerprint density at radius 3 is 2.63 bits per heavy atom. The van der Waals surface area contributed by atoms with Crippen molar-refractivity contribution in [2.45, 2.75) is 12.8 Å². The average molecular weight is 261 g/mol. The first-order valence-corrected chi connectivity index (χ1v) is 6.45. The van der Waals surface area contributed by atoms with Crippen LogP contribution in [0.5, 0.6) is 0 Å². The first-order chi connectivity index (χ1) is 9.16. The Hall–Kier alpha value is -1.98. The van der Waals surface area contributed by atoms with Gasteiger partial charge in [-0.05, 0) is 24.7 Å². The summed E-state index contributed by atoms with van der Waals surface area (Å²) in [6, 6.07) is 0. The van der Waals surface area contributed by atoms with Gasteiger partial charge in [0.1, 0.15) is 5.69 Å². The zero-order valence-corrected chi connectivity index (χ0v) is 10.4.